The molecule has 0 saturated heterocycles. The molecule has 1 heterocycles. The molecule has 22 heavy (non-hydrogen) atoms. The van der Waals surface area contributed by atoms with Gasteiger partial charge in [-0.25, -0.2) is 9.79 Å². The number of rotatable bonds is 3. The molecule has 1 aliphatic heterocycles. The molecule has 3 rings (SSSR count). The van der Waals surface area contributed by atoms with Crippen LogP contribution in [0.25, 0.3) is 6.08 Å². The fraction of sp³-hybridized carbons (Fsp3) is 0. The summed E-state index contributed by atoms with van der Waals surface area (Å²) in [7, 11) is 0. The Labute approximate surface area is 142 Å². The maximum atomic E-state index is 11.8. The first-order valence-electron chi connectivity index (χ1n) is 6.72. The van der Waals surface area contributed by atoms with Crippen molar-refractivity contribution in [2.75, 3.05) is 0 Å². The maximum Gasteiger partial charge on any atom is 0.363 e. The number of hydrogen-bond acceptors (Lipinski definition) is 3. The van der Waals surface area contributed by atoms with Gasteiger partial charge >= 0.3 is 5.97 Å². The topological polar surface area (TPSA) is 38.7 Å². The van der Waals surface area contributed by atoms with E-state index in [1.54, 1.807) is 12.2 Å². The van der Waals surface area contributed by atoms with Gasteiger partial charge in [0.2, 0.25) is 5.90 Å². The van der Waals surface area contributed by atoms with Crippen molar-refractivity contribution in [3.05, 3.63) is 87.1 Å². The summed E-state index contributed by atoms with van der Waals surface area (Å²) in [6.07, 6.45) is 5.37. The second-order valence-corrected chi connectivity index (χ2v) is 5.88. The highest BCUT2D eigenvalue weighted by atomic mass is 127. The third-order valence-corrected chi connectivity index (χ3v) is 3.77. The summed E-state index contributed by atoms with van der Waals surface area (Å²) < 4.78 is 6.33. The molecule has 0 fully saturated rings. The lowest BCUT2D eigenvalue weighted by atomic mass is 10.2. The smallest absolute Gasteiger partial charge is 0.363 e. The monoisotopic (exact) mass is 401 g/mol. The highest BCUT2D eigenvalue weighted by Gasteiger charge is 2.23. The predicted molar refractivity (Wildman–Crippen MR) is 95.3 cm³/mol. The average molecular weight is 401 g/mol. The van der Waals surface area contributed by atoms with Gasteiger partial charge in [0.05, 0.1) is 0 Å². The van der Waals surface area contributed by atoms with Crippen molar-refractivity contribution in [3.8, 4) is 0 Å². The number of esters is 1. The first-order chi connectivity index (χ1) is 10.7. The number of ether oxygens (including phenoxy) is 1. The molecule has 0 aliphatic carbocycles. The highest BCUT2D eigenvalue weighted by molar-refractivity contribution is 14.1. The Kier molecular flexibility index (Phi) is 4.48. The zero-order valence-electron chi connectivity index (χ0n) is 11.6. The number of nitrogens with zero attached hydrogens (tertiary/aromatic N) is 1. The van der Waals surface area contributed by atoms with Crippen LogP contribution in [-0.2, 0) is 9.53 Å². The average Bonchev–Trinajstić information content (AvgIpc) is 2.90. The molecule has 4 heteroatoms. The Morgan fingerprint density at radius 3 is 2.45 bits per heavy atom. The van der Waals surface area contributed by atoms with Crippen LogP contribution in [0.3, 0.4) is 0 Å². The Bertz CT molecular complexity index is 774. The van der Waals surface area contributed by atoms with E-state index in [2.05, 4.69) is 27.6 Å². The number of hydrogen-bond donors (Lipinski definition) is 0. The lowest BCUT2D eigenvalue weighted by Gasteiger charge is -1.98. The first-order valence-corrected chi connectivity index (χ1v) is 7.80. The molecule has 108 valence electrons. The summed E-state index contributed by atoms with van der Waals surface area (Å²) in [4.78, 5) is 16.1. The summed E-state index contributed by atoms with van der Waals surface area (Å²) in [5, 5.41) is 0. The highest BCUT2D eigenvalue weighted by Crippen LogP contribution is 2.17. The van der Waals surface area contributed by atoms with Crippen LogP contribution in [0.4, 0.5) is 0 Å². The van der Waals surface area contributed by atoms with Gasteiger partial charge in [0, 0.05) is 9.13 Å². The van der Waals surface area contributed by atoms with E-state index < -0.39 is 5.97 Å². The van der Waals surface area contributed by atoms with Crippen molar-refractivity contribution in [2.24, 2.45) is 4.99 Å². The summed E-state index contributed by atoms with van der Waals surface area (Å²) in [5.74, 6) is -0.0768. The molecule has 0 spiro atoms. The second-order valence-electron chi connectivity index (χ2n) is 4.64. The van der Waals surface area contributed by atoms with Crippen LogP contribution >= 0.6 is 22.6 Å². The van der Waals surface area contributed by atoms with Crippen LogP contribution in [0, 0.1) is 3.57 Å². The van der Waals surface area contributed by atoms with Gasteiger partial charge in [-0.1, -0.05) is 42.5 Å². The van der Waals surface area contributed by atoms with E-state index in [4.69, 9.17) is 4.74 Å². The van der Waals surface area contributed by atoms with Crippen molar-refractivity contribution in [1.29, 1.82) is 0 Å². The third kappa shape index (κ3) is 3.51. The largest absolute Gasteiger partial charge is 0.402 e. The zero-order chi connectivity index (χ0) is 15.4. The molecule has 0 bridgehead atoms. The van der Waals surface area contributed by atoms with E-state index in [0.29, 0.717) is 11.6 Å². The molecule has 1 aliphatic rings. The standard InChI is InChI=1S/C18H12INO2/c19-15-11-9-14(10-12-15)17-20-16(18(21)22-17)8-4-7-13-5-2-1-3-6-13/h1-12H. The molecule has 0 unspecified atom stereocenters. The first kappa shape index (κ1) is 14.7. The molecule has 0 saturated carbocycles. The SMILES string of the molecule is O=C1OC(c2ccc(I)cc2)=NC1=CC=Cc1ccccc1. The van der Waals surface area contributed by atoms with Crippen LogP contribution in [0.2, 0.25) is 0 Å². The van der Waals surface area contributed by atoms with Crippen LogP contribution in [-0.4, -0.2) is 11.9 Å². The second kappa shape index (κ2) is 6.70. The van der Waals surface area contributed by atoms with E-state index in [1.807, 2.05) is 60.7 Å². The Morgan fingerprint density at radius 2 is 1.73 bits per heavy atom. The van der Waals surface area contributed by atoms with Gasteiger partial charge < -0.3 is 4.74 Å². The molecule has 0 amide bonds. The van der Waals surface area contributed by atoms with Gasteiger partial charge in [0.25, 0.3) is 0 Å². The quantitative estimate of drug-likeness (QED) is 0.440. The molecule has 0 aromatic heterocycles. The third-order valence-electron chi connectivity index (χ3n) is 3.05. The summed E-state index contributed by atoms with van der Waals surface area (Å²) in [6.45, 7) is 0. The van der Waals surface area contributed by atoms with Gasteiger partial charge in [-0.05, 0) is 58.5 Å². The van der Waals surface area contributed by atoms with E-state index in [1.165, 1.54) is 0 Å². The number of allylic oxidation sites excluding steroid dienone is 2. The molecule has 0 N–H and O–H groups in total. The van der Waals surface area contributed by atoms with Crippen molar-refractivity contribution < 1.29 is 9.53 Å². The maximum absolute atomic E-state index is 11.8. The number of aliphatic imine (C=N–C) groups is 1. The van der Waals surface area contributed by atoms with Crippen molar-refractivity contribution in [2.45, 2.75) is 0 Å². The van der Waals surface area contributed by atoms with E-state index in [0.717, 1.165) is 14.7 Å². The van der Waals surface area contributed by atoms with E-state index >= 15 is 0 Å². The van der Waals surface area contributed by atoms with Crippen LogP contribution in [0.1, 0.15) is 11.1 Å². The minimum atomic E-state index is -0.425. The van der Waals surface area contributed by atoms with Crippen molar-refractivity contribution >= 4 is 40.5 Å². The van der Waals surface area contributed by atoms with Gasteiger partial charge in [-0.3, -0.25) is 0 Å². The van der Waals surface area contributed by atoms with Crippen molar-refractivity contribution in [1.82, 2.24) is 0 Å². The zero-order valence-corrected chi connectivity index (χ0v) is 13.7. The summed E-state index contributed by atoms with van der Waals surface area (Å²) in [5.41, 5.74) is 2.16. The number of carbonyl (C=O) groups excluding carboxylic acids is 1. The Hall–Kier alpha value is -2.21. The molecule has 3 nitrogen and oxygen atoms in total. The van der Waals surface area contributed by atoms with Crippen LogP contribution in [0.5, 0.6) is 0 Å². The summed E-state index contributed by atoms with van der Waals surface area (Å²) >= 11 is 2.22. The lowest BCUT2D eigenvalue weighted by Crippen LogP contribution is -2.05. The molecule has 0 radical (unpaired) electrons. The lowest BCUT2D eigenvalue weighted by molar-refractivity contribution is -0.130. The Morgan fingerprint density at radius 1 is 1.00 bits per heavy atom. The van der Waals surface area contributed by atoms with Crippen molar-refractivity contribution in [3.63, 3.8) is 0 Å². The predicted octanol–water partition coefficient (Wildman–Crippen LogP) is 4.19. The number of cyclic esters (lactones) is 1. The molecule has 2 aromatic rings. The van der Waals surface area contributed by atoms with Gasteiger partial charge in [-0.15, -0.1) is 0 Å². The molecular formula is C18H12INO2. The molecule has 0 atom stereocenters. The van der Waals surface area contributed by atoms with Crippen LogP contribution < -0.4 is 0 Å². The van der Waals surface area contributed by atoms with Gasteiger partial charge in [0.1, 0.15) is 0 Å². The summed E-state index contributed by atoms with van der Waals surface area (Å²) in [6, 6.07) is 17.5. The Balaban J connectivity index is 1.79. The van der Waals surface area contributed by atoms with E-state index in [9.17, 15) is 4.79 Å². The number of carbonyl (C=O) groups is 1. The van der Waals surface area contributed by atoms with Crippen LogP contribution in [0.15, 0.2) is 77.4 Å². The normalized spacial score (nSPS) is 16.1. The molecular weight excluding hydrogens is 389 g/mol. The van der Waals surface area contributed by atoms with Gasteiger partial charge in [-0.2, -0.15) is 0 Å². The molecule has 2 aromatic carbocycles. The van der Waals surface area contributed by atoms with E-state index in [-0.39, 0.29) is 0 Å². The fourth-order valence-corrected chi connectivity index (χ4v) is 2.31. The fourth-order valence-electron chi connectivity index (χ4n) is 1.95. The minimum Gasteiger partial charge on any atom is -0.402 e. The van der Waals surface area contributed by atoms with Gasteiger partial charge in [0.15, 0.2) is 5.70 Å². The number of halogens is 1. The minimum absolute atomic E-state index is 0.306. The number of benzene rings is 2.